The Balaban J connectivity index is 1.55. The van der Waals surface area contributed by atoms with Gasteiger partial charge in [-0.1, -0.05) is 48.2 Å². The number of rotatable bonds is 7. The monoisotopic (exact) mass is 483 g/mol. The lowest BCUT2D eigenvalue weighted by Gasteiger charge is -2.14. The summed E-state index contributed by atoms with van der Waals surface area (Å²) >= 11 is 6.50. The van der Waals surface area contributed by atoms with Gasteiger partial charge in [-0.25, -0.2) is 8.78 Å². The molecule has 0 aliphatic carbocycles. The first kappa shape index (κ1) is 22.9. The SMILES string of the molecule is CCOc1cc(/C=C2/SC(=S)N(c3cccc(F)c3)C2=O)ccc1OCc1ccc(F)cc1. The third kappa shape index (κ3) is 5.40. The number of carbonyl (C=O) groups excluding carboxylic acids is 1. The molecule has 0 spiro atoms. The molecule has 0 saturated carbocycles. The zero-order valence-electron chi connectivity index (χ0n) is 17.6. The second kappa shape index (κ2) is 10.1. The molecule has 0 unspecified atom stereocenters. The van der Waals surface area contributed by atoms with E-state index in [2.05, 4.69) is 0 Å². The molecule has 1 amide bonds. The lowest BCUT2D eigenvalue weighted by Crippen LogP contribution is -2.27. The summed E-state index contributed by atoms with van der Waals surface area (Å²) in [6.45, 7) is 2.55. The fourth-order valence-electron chi connectivity index (χ4n) is 3.20. The number of ether oxygens (including phenoxy) is 2. The molecular formula is C25H19F2NO3S2. The topological polar surface area (TPSA) is 38.8 Å². The number of thiocarbonyl (C=S) groups is 1. The number of halogens is 2. The van der Waals surface area contributed by atoms with Crippen molar-refractivity contribution in [2.24, 2.45) is 0 Å². The summed E-state index contributed by atoms with van der Waals surface area (Å²) < 4.78 is 38.6. The Labute approximate surface area is 199 Å². The highest BCUT2D eigenvalue weighted by molar-refractivity contribution is 8.27. The summed E-state index contributed by atoms with van der Waals surface area (Å²) in [5.74, 6) is -0.00571. The number of amides is 1. The van der Waals surface area contributed by atoms with Crippen molar-refractivity contribution in [3.8, 4) is 11.5 Å². The molecule has 4 rings (SSSR count). The van der Waals surface area contributed by atoms with Crippen molar-refractivity contribution in [3.05, 3.63) is 94.4 Å². The van der Waals surface area contributed by atoms with Crippen molar-refractivity contribution in [1.82, 2.24) is 0 Å². The minimum Gasteiger partial charge on any atom is -0.490 e. The van der Waals surface area contributed by atoms with Gasteiger partial charge in [0.1, 0.15) is 18.2 Å². The van der Waals surface area contributed by atoms with Crippen LogP contribution in [0.5, 0.6) is 11.5 Å². The molecule has 0 aromatic heterocycles. The van der Waals surface area contributed by atoms with Gasteiger partial charge in [0.2, 0.25) is 0 Å². The predicted octanol–water partition coefficient (Wildman–Crippen LogP) is 6.35. The maximum absolute atomic E-state index is 13.6. The molecule has 1 aliphatic rings. The minimum atomic E-state index is -0.442. The second-order valence-corrected chi connectivity index (χ2v) is 8.73. The van der Waals surface area contributed by atoms with Gasteiger partial charge in [0.05, 0.1) is 17.2 Å². The van der Waals surface area contributed by atoms with Crippen LogP contribution < -0.4 is 14.4 Å². The van der Waals surface area contributed by atoms with E-state index in [0.717, 1.165) is 22.9 Å². The summed E-state index contributed by atoms with van der Waals surface area (Å²) in [5.41, 5.74) is 1.94. The van der Waals surface area contributed by atoms with Crippen LogP contribution in [-0.2, 0) is 11.4 Å². The molecule has 0 radical (unpaired) electrons. The number of hydrogen-bond acceptors (Lipinski definition) is 5. The van der Waals surface area contributed by atoms with Gasteiger partial charge in [-0.3, -0.25) is 9.69 Å². The average molecular weight is 484 g/mol. The summed E-state index contributed by atoms with van der Waals surface area (Å²) in [5, 5.41) is 0. The minimum absolute atomic E-state index is 0.256. The van der Waals surface area contributed by atoms with E-state index in [0.29, 0.717) is 33.0 Å². The first-order valence-corrected chi connectivity index (χ1v) is 11.3. The molecular weight excluding hydrogens is 464 g/mol. The van der Waals surface area contributed by atoms with Gasteiger partial charge < -0.3 is 9.47 Å². The van der Waals surface area contributed by atoms with E-state index in [4.69, 9.17) is 21.7 Å². The van der Waals surface area contributed by atoms with Crippen molar-refractivity contribution < 1.29 is 23.0 Å². The van der Waals surface area contributed by atoms with Crippen LogP contribution in [0.1, 0.15) is 18.1 Å². The van der Waals surface area contributed by atoms with Crippen molar-refractivity contribution in [2.45, 2.75) is 13.5 Å². The van der Waals surface area contributed by atoms with Crippen LogP contribution in [0.3, 0.4) is 0 Å². The highest BCUT2D eigenvalue weighted by atomic mass is 32.2. The molecule has 0 atom stereocenters. The van der Waals surface area contributed by atoms with Crippen LogP contribution in [0, 0.1) is 11.6 Å². The molecule has 0 N–H and O–H groups in total. The van der Waals surface area contributed by atoms with Gasteiger partial charge in [-0.2, -0.15) is 0 Å². The van der Waals surface area contributed by atoms with E-state index in [9.17, 15) is 13.6 Å². The summed E-state index contributed by atoms with van der Waals surface area (Å²) in [6, 6.07) is 17.2. The molecule has 33 heavy (non-hydrogen) atoms. The number of nitrogens with zero attached hydrogens (tertiary/aromatic N) is 1. The largest absolute Gasteiger partial charge is 0.490 e. The Kier molecular flexibility index (Phi) is 7.05. The number of hydrogen-bond donors (Lipinski definition) is 0. The quantitative estimate of drug-likeness (QED) is 0.289. The average Bonchev–Trinajstić information content (AvgIpc) is 3.07. The number of anilines is 1. The lowest BCUT2D eigenvalue weighted by molar-refractivity contribution is -0.113. The van der Waals surface area contributed by atoms with E-state index in [-0.39, 0.29) is 18.3 Å². The van der Waals surface area contributed by atoms with Crippen LogP contribution in [0.2, 0.25) is 0 Å². The molecule has 8 heteroatoms. The fourth-order valence-corrected chi connectivity index (χ4v) is 4.50. The predicted molar refractivity (Wildman–Crippen MR) is 130 cm³/mol. The Morgan fingerprint density at radius 3 is 2.48 bits per heavy atom. The zero-order valence-corrected chi connectivity index (χ0v) is 19.2. The van der Waals surface area contributed by atoms with Crippen LogP contribution >= 0.6 is 24.0 Å². The fraction of sp³-hybridized carbons (Fsp3) is 0.120. The smallest absolute Gasteiger partial charge is 0.270 e. The van der Waals surface area contributed by atoms with E-state index < -0.39 is 5.82 Å². The molecule has 1 saturated heterocycles. The van der Waals surface area contributed by atoms with E-state index in [1.807, 2.05) is 6.92 Å². The first-order valence-electron chi connectivity index (χ1n) is 10.1. The van der Waals surface area contributed by atoms with Gasteiger partial charge in [0, 0.05) is 0 Å². The molecule has 1 fully saturated rings. The standard InChI is InChI=1S/C25H19F2NO3S2/c1-2-30-22-12-17(8-11-21(22)31-15-16-6-9-18(26)10-7-16)13-23-24(29)28(25(32)33-23)20-5-3-4-19(27)14-20/h3-14H,2,15H2,1H3/b23-13+. The number of carbonyl (C=O) groups is 1. The maximum atomic E-state index is 13.6. The molecule has 3 aromatic carbocycles. The molecule has 1 aliphatic heterocycles. The highest BCUT2D eigenvalue weighted by Crippen LogP contribution is 2.37. The van der Waals surface area contributed by atoms with Crippen molar-refractivity contribution in [1.29, 1.82) is 0 Å². The normalized spacial score (nSPS) is 14.8. The van der Waals surface area contributed by atoms with Gasteiger partial charge in [-0.05, 0) is 66.6 Å². The van der Waals surface area contributed by atoms with Crippen molar-refractivity contribution in [3.63, 3.8) is 0 Å². The Bertz CT molecular complexity index is 1230. The number of benzene rings is 3. The van der Waals surface area contributed by atoms with Crippen LogP contribution in [-0.4, -0.2) is 16.8 Å². The molecule has 0 bridgehead atoms. The van der Waals surface area contributed by atoms with E-state index in [1.165, 1.54) is 35.2 Å². The van der Waals surface area contributed by atoms with Crippen LogP contribution in [0.25, 0.3) is 6.08 Å². The molecule has 3 aromatic rings. The van der Waals surface area contributed by atoms with Gasteiger partial charge >= 0.3 is 0 Å². The number of thioether (sulfide) groups is 1. The Hall–Kier alpha value is -3.23. The van der Waals surface area contributed by atoms with Crippen LogP contribution in [0.15, 0.2) is 71.6 Å². The lowest BCUT2D eigenvalue weighted by atomic mass is 10.1. The maximum Gasteiger partial charge on any atom is 0.270 e. The molecule has 4 nitrogen and oxygen atoms in total. The molecule has 168 valence electrons. The summed E-state index contributed by atoms with van der Waals surface area (Å²) in [4.78, 5) is 14.7. The van der Waals surface area contributed by atoms with Gasteiger partial charge in [0.25, 0.3) is 5.91 Å². The zero-order chi connectivity index (χ0) is 23.4. The van der Waals surface area contributed by atoms with E-state index >= 15 is 0 Å². The Morgan fingerprint density at radius 2 is 1.76 bits per heavy atom. The molecule has 1 heterocycles. The summed E-state index contributed by atoms with van der Waals surface area (Å²) in [7, 11) is 0. The first-order chi connectivity index (χ1) is 15.9. The third-order valence-corrected chi connectivity index (χ3v) is 6.04. The van der Waals surface area contributed by atoms with Gasteiger partial charge in [0.15, 0.2) is 15.8 Å². The highest BCUT2D eigenvalue weighted by Gasteiger charge is 2.33. The van der Waals surface area contributed by atoms with Crippen LogP contribution in [0.4, 0.5) is 14.5 Å². The third-order valence-electron chi connectivity index (χ3n) is 4.73. The van der Waals surface area contributed by atoms with Crippen molar-refractivity contribution in [2.75, 3.05) is 11.5 Å². The Morgan fingerprint density at radius 1 is 0.970 bits per heavy atom. The van der Waals surface area contributed by atoms with E-state index in [1.54, 1.807) is 42.5 Å². The second-order valence-electron chi connectivity index (χ2n) is 7.05. The summed E-state index contributed by atoms with van der Waals surface area (Å²) in [6.07, 6.45) is 1.71. The van der Waals surface area contributed by atoms with Crippen molar-refractivity contribution >= 4 is 46.0 Å². The van der Waals surface area contributed by atoms with Gasteiger partial charge in [-0.15, -0.1) is 0 Å².